The number of piperidine rings is 2. The van der Waals surface area contributed by atoms with E-state index in [1.165, 1.54) is 0 Å². The molecule has 1 N–H and O–H groups in total. The van der Waals surface area contributed by atoms with Crippen molar-refractivity contribution < 1.29 is 19.2 Å². The highest BCUT2D eigenvalue weighted by Gasteiger charge is 2.42. The molecule has 1 aromatic rings. The minimum atomic E-state index is -0.513. The average Bonchev–Trinajstić information content (AvgIpc) is 2.97. The lowest BCUT2D eigenvalue weighted by Gasteiger charge is -2.47. The second-order valence-corrected chi connectivity index (χ2v) is 7.25. The smallest absolute Gasteiger partial charge is 0.292 e. The lowest BCUT2D eigenvalue weighted by Crippen LogP contribution is -2.53. The third-order valence-corrected chi connectivity index (χ3v) is 5.18. The Kier molecular flexibility index (Phi) is 4.62. The van der Waals surface area contributed by atoms with Gasteiger partial charge in [0.2, 0.25) is 11.7 Å². The number of amides is 2. The minimum Gasteiger partial charge on any atom is -0.392 e. The molecule has 2 amide bonds. The molecule has 0 bridgehead atoms. The van der Waals surface area contributed by atoms with E-state index < -0.39 is 6.10 Å². The molecule has 1 aromatic heterocycles. The summed E-state index contributed by atoms with van der Waals surface area (Å²) in [4.78, 5) is 28.1. The molecule has 2 aliphatic rings. The zero-order chi connectivity index (χ0) is 17.3. The van der Waals surface area contributed by atoms with Crippen LogP contribution in [0.25, 0.3) is 0 Å². The van der Waals surface area contributed by atoms with Crippen LogP contribution in [0.3, 0.4) is 0 Å². The molecular weight excluding hydrogens is 310 g/mol. The normalized spacial score (nSPS) is 22.0. The van der Waals surface area contributed by atoms with Gasteiger partial charge in [-0.1, -0.05) is 5.16 Å². The van der Waals surface area contributed by atoms with Crippen molar-refractivity contribution in [2.45, 2.75) is 45.6 Å². The number of carbonyl (C=O) groups is 2. The van der Waals surface area contributed by atoms with Crippen LogP contribution in [0.4, 0.5) is 0 Å². The number of aliphatic hydroxyl groups is 1. The van der Waals surface area contributed by atoms with Gasteiger partial charge in [0.25, 0.3) is 5.91 Å². The monoisotopic (exact) mass is 335 g/mol. The van der Waals surface area contributed by atoms with Gasteiger partial charge in [0, 0.05) is 38.7 Å². The summed E-state index contributed by atoms with van der Waals surface area (Å²) < 4.78 is 5.07. The molecular formula is C17H25N3O4. The van der Waals surface area contributed by atoms with Crippen molar-refractivity contribution in [1.29, 1.82) is 0 Å². The van der Waals surface area contributed by atoms with Crippen molar-refractivity contribution in [2.75, 3.05) is 26.2 Å². The average molecular weight is 335 g/mol. The summed E-state index contributed by atoms with van der Waals surface area (Å²) in [7, 11) is 0. The number of aliphatic hydroxyl groups excluding tert-OH is 1. The van der Waals surface area contributed by atoms with Gasteiger partial charge in [-0.2, -0.15) is 0 Å². The summed E-state index contributed by atoms with van der Waals surface area (Å²) in [6.45, 7) is 5.89. The molecule has 7 heteroatoms. The number of β-amino-alcohol motifs (C(OH)–C–C–N with tert-alkyl or cyclic N) is 1. The summed E-state index contributed by atoms with van der Waals surface area (Å²) in [5.41, 5.74) is 0.767. The maximum atomic E-state index is 12.4. The highest BCUT2D eigenvalue weighted by molar-refractivity contribution is 5.91. The number of nitrogens with zero attached hydrogens (tertiary/aromatic N) is 3. The van der Waals surface area contributed by atoms with Crippen LogP contribution in [-0.4, -0.2) is 64.2 Å². The molecule has 132 valence electrons. The molecule has 1 unspecified atom stereocenters. The molecule has 24 heavy (non-hydrogen) atoms. The van der Waals surface area contributed by atoms with E-state index in [-0.39, 0.29) is 23.0 Å². The highest BCUT2D eigenvalue weighted by Crippen LogP contribution is 2.40. The second-order valence-electron chi connectivity index (χ2n) is 7.25. The van der Waals surface area contributed by atoms with Gasteiger partial charge in [0.05, 0.1) is 11.8 Å². The Morgan fingerprint density at radius 2 is 2.12 bits per heavy atom. The predicted octanol–water partition coefficient (Wildman–Crippen LogP) is 1.21. The summed E-state index contributed by atoms with van der Waals surface area (Å²) in [6, 6.07) is 1.66. The van der Waals surface area contributed by atoms with Crippen LogP contribution in [0.5, 0.6) is 0 Å². The van der Waals surface area contributed by atoms with Gasteiger partial charge in [-0.15, -0.1) is 0 Å². The minimum absolute atomic E-state index is 0.0664. The van der Waals surface area contributed by atoms with Crippen LogP contribution in [-0.2, 0) is 4.79 Å². The van der Waals surface area contributed by atoms with E-state index in [1.54, 1.807) is 29.7 Å². The first-order chi connectivity index (χ1) is 11.4. The Balaban J connectivity index is 1.61. The van der Waals surface area contributed by atoms with E-state index >= 15 is 0 Å². The fraction of sp³-hybridized carbons (Fsp3) is 0.706. The van der Waals surface area contributed by atoms with E-state index in [0.29, 0.717) is 38.3 Å². The molecule has 0 aromatic carbocycles. The largest absolute Gasteiger partial charge is 0.392 e. The van der Waals surface area contributed by atoms with Gasteiger partial charge in [0.15, 0.2) is 0 Å². The molecule has 2 fully saturated rings. The number of rotatable bonds is 3. The van der Waals surface area contributed by atoms with Crippen LogP contribution < -0.4 is 0 Å². The lowest BCUT2D eigenvalue weighted by atomic mass is 9.72. The highest BCUT2D eigenvalue weighted by atomic mass is 16.5. The first-order valence-corrected chi connectivity index (χ1v) is 8.57. The van der Waals surface area contributed by atoms with Crippen LogP contribution in [0, 0.1) is 12.3 Å². The van der Waals surface area contributed by atoms with Crippen LogP contribution in [0.1, 0.15) is 48.9 Å². The molecule has 0 saturated carbocycles. The second kappa shape index (κ2) is 6.55. The maximum absolute atomic E-state index is 12.4. The van der Waals surface area contributed by atoms with E-state index in [2.05, 4.69) is 5.16 Å². The summed E-state index contributed by atoms with van der Waals surface area (Å²) in [6.07, 6.45) is 2.62. The third kappa shape index (κ3) is 3.45. The molecule has 1 atom stereocenters. The fourth-order valence-electron chi connectivity index (χ4n) is 3.80. The quantitative estimate of drug-likeness (QED) is 0.897. The Labute approximate surface area is 141 Å². The molecule has 3 rings (SSSR count). The van der Waals surface area contributed by atoms with E-state index in [9.17, 15) is 14.7 Å². The van der Waals surface area contributed by atoms with Gasteiger partial charge >= 0.3 is 0 Å². The Hall–Kier alpha value is -1.89. The van der Waals surface area contributed by atoms with Crippen molar-refractivity contribution in [3.63, 3.8) is 0 Å². The lowest BCUT2D eigenvalue weighted by molar-refractivity contribution is -0.140. The van der Waals surface area contributed by atoms with Gasteiger partial charge in [-0.25, -0.2) is 0 Å². The van der Waals surface area contributed by atoms with Crippen LogP contribution in [0.15, 0.2) is 10.6 Å². The van der Waals surface area contributed by atoms with Crippen LogP contribution in [0.2, 0.25) is 0 Å². The summed E-state index contributed by atoms with van der Waals surface area (Å²) in [5, 5.41) is 13.4. The molecule has 2 aliphatic heterocycles. The van der Waals surface area contributed by atoms with Crippen molar-refractivity contribution in [3.8, 4) is 0 Å². The van der Waals surface area contributed by atoms with E-state index in [4.69, 9.17) is 4.52 Å². The molecule has 2 saturated heterocycles. The number of hydrogen-bond donors (Lipinski definition) is 1. The summed E-state index contributed by atoms with van der Waals surface area (Å²) in [5.74, 6) is 0.299. The van der Waals surface area contributed by atoms with Crippen molar-refractivity contribution >= 4 is 11.8 Å². The molecule has 7 nitrogen and oxygen atoms in total. The van der Waals surface area contributed by atoms with Crippen molar-refractivity contribution in [1.82, 2.24) is 15.0 Å². The standard InChI is InChI=1S/C17H25N3O4/c1-12-9-14(24-18-12)16(23)19-7-5-17(6-8-19)4-3-15(22)20(11-17)10-13(2)21/h9,13,21H,3-8,10-11H2,1-2H3. The van der Waals surface area contributed by atoms with Gasteiger partial charge in [0.1, 0.15) is 0 Å². The van der Waals surface area contributed by atoms with E-state index in [0.717, 1.165) is 19.3 Å². The first kappa shape index (κ1) is 17.0. The van der Waals surface area contributed by atoms with Crippen molar-refractivity contribution in [2.24, 2.45) is 5.41 Å². The fourth-order valence-corrected chi connectivity index (χ4v) is 3.80. The topological polar surface area (TPSA) is 86.9 Å². The predicted molar refractivity (Wildman–Crippen MR) is 86.3 cm³/mol. The number of aryl methyl sites for hydroxylation is 1. The van der Waals surface area contributed by atoms with Gasteiger partial charge in [-0.05, 0) is 38.5 Å². The van der Waals surface area contributed by atoms with Crippen LogP contribution >= 0.6 is 0 Å². The molecule has 1 spiro atoms. The molecule has 0 radical (unpaired) electrons. The number of likely N-dealkylation sites (tertiary alicyclic amines) is 2. The SMILES string of the molecule is Cc1cc(C(=O)N2CCC3(CCC(=O)N(CC(C)O)C3)CC2)on1. The third-order valence-electron chi connectivity index (χ3n) is 5.18. The molecule has 3 heterocycles. The number of carbonyl (C=O) groups excluding carboxylic acids is 2. The zero-order valence-electron chi connectivity index (χ0n) is 14.3. The number of hydrogen-bond acceptors (Lipinski definition) is 5. The number of aromatic nitrogens is 1. The Morgan fingerprint density at radius 3 is 2.71 bits per heavy atom. The Morgan fingerprint density at radius 1 is 1.42 bits per heavy atom. The summed E-state index contributed by atoms with van der Waals surface area (Å²) >= 11 is 0. The molecule has 0 aliphatic carbocycles. The maximum Gasteiger partial charge on any atom is 0.292 e. The van der Waals surface area contributed by atoms with Gasteiger partial charge < -0.3 is 19.4 Å². The van der Waals surface area contributed by atoms with E-state index in [1.807, 2.05) is 0 Å². The first-order valence-electron chi connectivity index (χ1n) is 8.57. The van der Waals surface area contributed by atoms with Crippen molar-refractivity contribution in [3.05, 3.63) is 17.5 Å². The Bertz CT molecular complexity index is 617. The zero-order valence-corrected chi connectivity index (χ0v) is 14.3. The van der Waals surface area contributed by atoms with Gasteiger partial charge in [-0.3, -0.25) is 9.59 Å².